The number of para-hydroxylation sites is 2. The molecule has 0 amide bonds. The summed E-state index contributed by atoms with van der Waals surface area (Å²) in [5.41, 5.74) is 2.61. The molecule has 5 rings (SSSR count). The molecule has 12 heteroatoms. The third kappa shape index (κ3) is 5.57. The third-order valence-electron chi connectivity index (χ3n) is 6.59. The topological polar surface area (TPSA) is 92.6 Å². The first-order chi connectivity index (χ1) is 18.1. The van der Waals surface area contributed by atoms with Gasteiger partial charge in [0.2, 0.25) is 16.0 Å². The van der Waals surface area contributed by atoms with E-state index in [9.17, 15) is 25.6 Å². The van der Waals surface area contributed by atoms with Gasteiger partial charge in [-0.3, -0.25) is 0 Å². The smallest absolute Gasteiger partial charge is 0.215 e. The van der Waals surface area contributed by atoms with Gasteiger partial charge in [-0.25, -0.2) is 30.6 Å². The van der Waals surface area contributed by atoms with Crippen molar-refractivity contribution in [3.05, 3.63) is 90.0 Å². The summed E-state index contributed by atoms with van der Waals surface area (Å²) in [6.45, 7) is 1.57. The van der Waals surface area contributed by atoms with Gasteiger partial charge in [0.05, 0.1) is 34.0 Å². The summed E-state index contributed by atoms with van der Waals surface area (Å²) in [7, 11) is -7.71. The average molecular weight is 561 g/mol. The number of fused-ring (bicyclic) bond motifs is 1. The van der Waals surface area contributed by atoms with E-state index in [-0.39, 0.29) is 23.8 Å². The highest BCUT2D eigenvalue weighted by Gasteiger charge is 2.30. The number of nitrogens with zero attached hydrogens (tertiary/aromatic N) is 4. The lowest BCUT2D eigenvalue weighted by Crippen LogP contribution is -2.50. The second-order valence-corrected chi connectivity index (χ2v) is 13.3. The van der Waals surface area contributed by atoms with E-state index < -0.39 is 37.2 Å². The fourth-order valence-electron chi connectivity index (χ4n) is 4.50. The quantitative estimate of drug-likeness (QED) is 0.307. The van der Waals surface area contributed by atoms with E-state index in [0.29, 0.717) is 25.6 Å². The summed E-state index contributed by atoms with van der Waals surface area (Å²) in [5, 5.41) is 0. The molecule has 0 unspecified atom stereocenters. The van der Waals surface area contributed by atoms with Crippen molar-refractivity contribution >= 4 is 36.8 Å². The number of sulfonamides is 1. The number of rotatable bonds is 8. The van der Waals surface area contributed by atoms with Crippen LogP contribution in [0.3, 0.4) is 0 Å². The standard InChI is InChI=1S/C26H26F2N4O4S2/c27-21-7-5-20(6-8-21)19-32-25-4-2-1-3-24(25)29-26(32)30-13-15-31(16-14-30)38(35,36)18-17-37(33,34)23-11-9-22(28)10-12-23/h1-12H,13-19H2. The normalized spacial score (nSPS) is 15.3. The van der Waals surface area contributed by atoms with Crippen molar-refractivity contribution in [2.75, 3.05) is 42.6 Å². The molecule has 0 spiro atoms. The zero-order chi connectivity index (χ0) is 26.9. The molecule has 0 radical (unpaired) electrons. The maximum atomic E-state index is 13.4. The molecule has 0 aliphatic carbocycles. The molecule has 3 aromatic carbocycles. The van der Waals surface area contributed by atoms with E-state index in [4.69, 9.17) is 4.98 Å². The van der Waals surface area contributed by atoms with Gasteiger partial charge in [0.25, 0.3) is 0 Å². The van der Waals surface area contributed by atoms with Crippen LogP contribution in [0, 0.1) is 11.6 Å². The molecule has 8 nitrogen and oxygen atoms in total. The average Bonchev–Trinajstić information content (AvgIpc) is 3.27. The van der Waals surface area contributed by atoms with Crippen molar-refractivity contribution in [1.82, 2.24) is 13.9 Å². The first-order valence-corrected chi connectivity index (χ1v) is 15.3. The van der Waals surface area contributed by atoms with Crippen LogP contribution >= 0.6 is 0 Å². The number of benzene rings is 3. The molecule has 1 fully saturated rings. The number of imidazole rings is 1. The van der Waals surface area contributed by atoms with Crippen LogP contribution in [0.1, 0.15) is 5.56 Å². The van der Waals surface area contributed by atoms with Crippen molar-refractivity contribution in [3.8, 4) is 0 Å². The highest BCUT2D eigenvalue weighted by atomic mass is 32.2. The van der Waals surface area contributed by atoms with Crippen LogP contribution in [-0.2, 0) is 26.4 Å². The minimum atomic E-state index is -3.88. The van der Waals surface area contributed by atoms with Crippen LogP contribution in [0.4, 0.5) is 14.7 Å². The van der Waals surface area contributed by atoms with Crippen LogP contribution in [-0.4, -0.2) is 68.4 Å². The van der Waals surface area contributed by atoms with Gasteiger partial charge in [-0.05, 0) is 54.1 Å². The Hall–Kier alpha value is -3.35. The lowest BCUT2D eigenvalue weighted by Gasteiger charge is -2.34. The largest absolute Gasteiger partial charge is 0.340 e. The molecule has 0 bridgehead atoms. The summed E-state index contributed by atoms with van der Waals surface area (Å²) in [6, 6.07) is 18.3. The summed E-state index contributed by atoms with van der Waals surface area (Å²) in [6.07, 6.45) is 0. The van der Waals surface area contributed by atoms with Crippen LogP contribution in [0.2, 0.25) is 0 Å². The fourth-order valence-corrected chi connectivity index (χ4v) is 7.99. The van der Waals surface area contributed by atoms with Gasteiger partial charge in [0.1, 0.15) is 11.6 Å². The van der Waals surface area contributed by atoms with Crippen molar-refractivity contribution in [2.45, 2.75) is 11.4 Å². The highest BCUT2D eigenvalue weighted by Crippen LogP contribution is 2.26. The predicted octanol–water partition coefficient (Wildman–Crippen LogP) is 3.29. The van der Waals surface area contributed by atoms with E-state index in [1.807, 2.05) is 33.7 Å². The number of aromatic nitrogens is 2. The summed E-state index contributed by atoms with van der Waals surface area (Å²) < 4.78 is 80.9. The molecular weight excluding hydrogens is 534 g/mol. The van der Waals surface area contributed by atoms with Gasteiger partial charge in [0.15, 0.2) is 9.84 Å². The second kappa shape index (κ2) is 10.4. The van der Waals surface area contributed by atoms with Crippen LogP contribution in [0.25, 0.3) is 11.0 Å². The number of sulfone groups is 1. The van der Waals surface area contributed by atoms with Crippen LogP contribution in [0.15, 0.2) is 77.7 Å². The SMILES string of the molecule is O=S(=O)(CCS(=O)(=O)N1CCN(c2nc3ccccc3n2Cc2ccc(F)cc2)CC1)c1ccc(F)cc1. The Balaban J connectivity index is 1.29. The van der Waals surface area contributed by atoms with Gasteiger partial charge in [-0.1, -0.05) is 24.3 Å². The van der Waals surface area contributed by atoms with Crippen molar-refractivity contribution in [2.24, 2.45) is 0 Å². The van der Waals surface area contributed by atoms with Crippen LogP contribution in [0.5, 0.6) is 0 Å². The maximum Gasteiger partial charge on any atom is 0.215 e. The maximum absolute atomic E-state index is 13.4. The monoisotopic (exact) mass is 560 g/mol. The van der Waals surface area contributed by atoms with Crippen molar-refractivity contribution < 1.29 is 25.6 Å². The number of piperazine rings is 1. The Labute approximate surface area is 220 Å². The molecule has 38 heavy (non-hydrogen) atoms. The Morgan fingerprint density at radius 1 is 0.737 bits per heavy atom. The minimum Gasteiger partial charge on any atom is -0.340 e. The van der Waals surface area contributed by atoms with E-state index in [1.165, 1.54) is 16.4 Å². The van der Waals surface area contributed by atoms with E-state index in [0.717, 1.165) is 40.9 Å². The highest BCUT2D eigenvalue weighted by molar-refractivity contribution is 7.94. The van der Waals surface area contributed by atoms with Gasteiger partial charge < -0.3 is 9.47 Å². The summed E-state index contributed by atoms with van der Waals surface area (Å²) in [5.74, 6) is -1.34. The zero-order valence-corrected chi connectivity index (χ0v) is 22.0. The molecule has 200 valence electrons. The minimum absolute atomic E-state index is 0.112. The number of hydrogen-bond acceptors (Lipinski definition) is 6. The molecule has 1 saturated heterocycles. The van der Waals surface area contributed by atoms with Gasteiger partial charge >= 0.3 is 0 Å². The molecule has 1 aromatic heterocycles. The predicted molar refractivity (Wildman–Crippen MR) is 141 cm³/mol. The Morgan fingerprint density at radius 3 is 2.00 bits per heavy atom. The second-order valence-electron chi connectivity index (χ2n) is 9.09. The van der Waals surface area contributed by atoms with Gasteiger partial charge in [-0.2, -0.15) is 4.31 Å². The number of hydrogen-bond donors (Lipinski definition) is 0. The first-order valence-electron chi connectivity index (χ1n) is 12.0. The van der Waals surface area contributed by atoms with Crippen molar-refractivity contribution in [3.63, 3.8) is 0 Å². The number of anilines is 1. The van der Waals surface area contributed by atoms with Crippen LogP contribution < -0.4 is 4.90 Å². The molecule has 1 aliphatic rings. The van der Waals surface area contributed by atoms with E-state index in [2.05, 4.69) is 0 Å². The first kappa shape index (κ1) is 26.3. The zero-order valence-electron chi connectivity index (χ0n) is 20.4. The van der Waals surface area contributed by atoms with Gasteiger partial charge in [0, 0.05) is 26.2 Å². The van der Waals surface area contributed by atoms with Crippen molar-refractivity contribution in [1.29, 1.82) is 0 Å². The van der Waals surface area contributed by atoms with E-state index in [1.54, 1.807) is 12.1 Å². The fraction of sp³-hybridized carbons (Fsp3) is 0.269. The molecule has 0 saturated carbocycles. The Bertz CT molecular complexity index is 1650. The lowest BCUT2D eigenvalue weighted by molar-refractivity contribution is 0.382. The summed E-state index contributed by atoms with van der Waals surface area (Å²) >= 11 is 0. The molecule has 0 N–H and O–H groups in total. The molecule has 2 heterocycles. The number of halogens is 2. The molecule has 1 aliphatic heterocycles. The van der Waals surface area contributed by atoms with E-state index >= 15 is 0 Å². The summed E-state index contributed by atoms with van der Waals surface area (Å²) in [4.78, 5) is 6.68. The Morgan fingerprint density at radius 2 is 1.34 bits per heavy atom. The molecule has 0 atom stereocenters. The lowest BCUT2D eigenvalue weighted by atomic mass is 10.2. The van der Waals surface area contributed by atoms with Gasteiger partial charge in [-0.15, -0.1) is 0 Å². The molecule has 4 aromatic rings. The Kier molecular flexibility index (Phi) is 7.21. The molecular formula is C26H26F2N4O4S2. The third-order valence-corrected chi connectivity index (χ3v) is 10.4.